The first-order valence-electron chi connectivity index (χ1n) is 9.70. The summed E-state index contributed by atoms with van der Waals surface area (Å²) in [6, 6.07) is 6.10. The number of hydrogen-bond acceptors (Lipinski definition) is 4. The van der Waals surface area contributed by atoms with Crippen molar-refractivity contribution < 1.29 is 14.3 Å². The van der Waals surface area contributed by atoms with Gasteiger partial charge >= 0.3 is 6.03 Å². The van der Waals surface area contributed by atoms with E-state index in [9.17, 15) is 4.79 Å². The Hall–Kier alpha value is -1.95. The van der Waals surface area contributed by atoms with Gasteiger partial charge in [-0.25, -0.2) is 4.79 Å². The summed E-state index contributed by atoms with van der Waals surface area (Å²) in [7, 11) is 3.23. The molecule has 26 heavy (non-hydrogen) atoms. The van der Waals surface area contributed by atoms with Crippen LogP contribution in [0.15, 0.2) is 18.2 Å². The number of nitrogens with one attached hydrogen (secondary N) is 1. The third kappa shape index (κ3) is 3.34. The van der Waals surface area contributed by atoms with Gasteiger partial charge in [-0.3, -0.25) is 4.90 Å². The molecule has 1 aromatic rings. The van der Waals surface area contributed by atoms with E-state index in [-0.39, 0.29) is 6.03 Å². The highest BCUT2D eigenvalue weighted by molar-refractivity contribution is 5.91. The van der Waals surface area contributed by atoms with Crippen molar-refractivity contribution in [1.29, 1.82) is 0 Å². The number of rotatable bonds is 3. The normalized spacial score (nSPS) is 28.2. The molecular weight excluding hydrogens is 330 g/mol. The Kier molecular flexibility index (Phi) is 4.94. The number of urea groups is 1. The summed E-state index contributed by atoms with van der Waals surface area (Å²) in [6.45, 7) is 4.09. The number of amides is 2. The molecule has 142 valence electrons. The van der Waals surface area contributed by atoms with Crippen molar-refractivity contribution >= 4 is 11.7 Å². The lowest BCUT2D eigenvalue weighted by molar-refractivity contribution is -0.0174. The highest BCUT2D eigenvalue weighted by Gasteiger charge is 2.42. The maximum atomic E-state index is 12.9. The number of hydrogen-bond donors (Lipinski definition) is 1. The molecule has 3 aliphatic rings. The number of piperidine rings is 3. The van der Waals surface area contributed by atoms with E-state index in [1.54, 1.807) is 14.2 Å². The number of nitrogens with zero attached hydrogens (tertiary/aromatic N) is 2. The van der Waals surface area contributed by atoms with Crippen molar-refractivity contribution in [2.75, 3.05) is 45.7 Å². The van der Waals surface area contributed by atoms with Crippen LogP contribution < -0.4 is 14.8 Å². The SMILES string of the molecule is COc1ccc(OC)c(NC(=O)N2C[C@@H]3C[C@H](C2)[C@@H]2CCCCN2C3)c1. The van der Waals surface area contributed by atoms with Gasteiger partial charge in [0.05, 0.1) is 19.9 Å². The Bertz CT molecular complexity index is 666. The first-order valence-corrected chi connectivity index (χ1v) is 9.70. The van der Waals surface area contributed by atoms with Crippen LogP contribution in [0, 0.1) is 11.8 Å². The van der Waals surface area contributed by atoms with Crippen LogP contribution in [-0.4, -0.2) is 62.3 Å². The van der Waals surface area contributed by atoms with Gasteiger partial charge in [0.15, 0.2) is 0 Å². The van der Waals surface area contributed by atoms with Crippen molar-refractivity contribution in [3.8, 4) is 11.5 Å². The molecule has 1 N–H and O–H groups in total. The lowest BCUT2D eigenvalue weighted by Crippen LogP contribution is -2.60. The summed E-state index contributed by atoms with van der Waals surface area (Å²) < 4.78 is 10.7. The Balaban J connectivity index is 1.46. The lowest BCUT2D eigenvalue weighted by atomic mass is 9.76. The Morgan fingerprint density at radius 2 is 2.04 bits per heavy atom. The van der Waals surface area contributed by atoms with Crippen LogP contribution >= 0.6 is 0 Å². The van der Waals surface area contributed by atoms with Crippen LogP contribution in [0.2, 0.25) is 0 Å². The largest absolute Gasteiger partial charge is 0.497 e. The quantitative estimate of drug-likeness (QED) is 0.901. The molecule has 0 radical (unpaired) electrons. The molecule has 0 aliphatic carbocycles. The van der Waals surface area contributed by atoms with Crippen LogP contribution in [0.3, 0.4) is 0 Å². The minimum Gasteiger partial charge on any atom is -0.497 e. The van der Waals surface area contributed by atoms with Gasteiger partial charge in [0.2, 0.25) is 0 Å². The zero-order valence-electron chi connectivity index (χ0n) is 15.7. The number of carbonyl (C=O) groups is 1. The summed E-state index contributed by atoms with van der Waals surface area (Å²) in [6.07, 6.45) is 5.22. The fraction of sp³-hybridized carbons (Fsp3) is 0.650. The third-order valence-electron chi connectivity index (χ3n) is 6.21. The van der Waals surface area contributed by atoms with E-state index in [4.69, 9.17) is 9.47 Å². The van der Waals surface area contributed by atoms with E-state index in [0.29, 0.717) is 35.1 Å². The Labute approximate surface area is 155 Å². The average Bonchev–Trinajstić information content (AvgIpc) is 2.67. The summed E-state index contributed by atoms with van der Waals surface area (Å²) in [4.78, 5) is 17.6. The lowest BCUT2D eigenvalue weighted by Gasteiger charge is -2.52. The first-order chi connectivity index (χ1) is 12.7. The molecule has 3 aliphatic heterocycles. The Morgan fingerprint density at radius 3 is 2.85 bits per heavy atom. The van der Waals surface area contributed by atoms with Gasteiger partial charge < -0.3 is 19.7 Å². The smallest absolute Gasteiger partial charge is 0.321 e. The summed E-state index contributed by atoms with van der Waals surface area (Å²) >= 11 is 0. The maximum absolute atomic E-state index is 12.9. The van der Waals surface area contributed by atoms with Gasteiger partial charge in [0.1, 0.15) is 11.5 Å². The van der Waals surface area contributed by atoms with E-state index in [0.717, 1.165) is 19.6 Å². The van der Waals surface area contributed by atoms with Crippen molar-refractivity contribution in [2.24, 2.45) is 11.8 Å². The van der Waals surface area contributed by atoms with Crippen molar-refractivity contribution in [2.45, 2.75) is 31.7 Å². The number of ether oxygens (including phenoxy) is 2. The van der Waals surface area contributed by atoms with Gasteiger partial charge in [-0.05, 0) is 49.8 Å². The van der Waals surface area contributed by atoms with Gasteiger partial charge in [0.25, 0.3) is 0 Å². The summed E-state index contributed by atoms with van der Waals surface area (Å²) in [5.41, 5.74) is 0.659. The van der Waals surface area contributed by atoms with Crippen LogP contribution in [0.4, 0.5) is 10.5 Å². The molecule has 3 fully saturated rings. The molecule has 4 rings (SSSR count). The molecule has 2 amide bonds. The van der Waals surface area contributed by atoms with Crippen LogP contribution in [-0.2, 0) is 0 Å². The minimum atomic E-state index is -0.0319. The topological polar surface area (TPSA) is 54.0 Å². The number of likely N-dealkylation sites (tertiary alicyclic amines) is 1. The van der Waals surface area contributed by atoms with E-state index >= 15 is 0 Å². The molecule has 3 heterocycles. The molecular formula is C20H29N3O3. The second-order valence-corrected chi connectivity index (χ2v) is 7.82. The molecule has 0 saturated carbocycles. The van der Waals surface area contributed by atoms with Gasteiger partial charge in [0, 0.05) is 31.7 Å². The van der Waals surface area contributed by atoms with E-state index < -0.39 is 0 Å². The molecule has 1 aromatic carbocycles. The third-order valence-corrected chi connectivity index (χ3v) is 6.21. The molecule has 3 atom stereocenters. The zero-order chi connectivity index (χ0) is 18.1. The van der Waals surface area contributed by atoms with Crippen LogP contribution in [0.1, 0.15) is 25.7 Å². The second-order valence-electron chi connectivity index (χ2n) is 7.82. The molecule has 0 spiro atoms. The van der Waals surface area contributed by atoms with Gasteiger partial charge in [-0.1, -0.05) is 6.42 Å². The molecule has 3 saturated heterocycles. The van der Waals surface area contributed by atoms with Gasteiger partial charge in [-0.15, -0.1) is 0 Å². The zero-order valence-corrected chi connectivity index (χ0v) is 15.7. The highest BCUT2D eigenvalue weighted by atomic mass is 16.5. The molecule has 2 bridgehead atoms. The second kappa shape index (κ2) is 7.35. The van der Waals surface area contributed by atoms with Gasteiger partial charge in [-0.2, -0.15) is 0 Å². The number of anilines is 1. The summed E-state index contributed by atoms with van der Waals surface area (Å²) in [5, 5.41) is 3.04. The number of fused-ring (bicyclic) bond motifs is 4. The van der Waals surface area contributed by atoms with Crippen molar-refractivity contribution in [3.05, 3.63) is 18.2 Å². The minimum absolute atomic E-state index is 0.0319. The van der Waals surface area contributed by atoms with Crippen molar-refractivity contribution in [1.82, 2.24) is 9.80 Å². The Morgan fingerprint density at radius 1 is 1.15 bits per heavy atom. The highest BCUT2D eigenvalue weighted by Crippen LogP contribution is 2.38. The van der Waals surface area contributed by atoms with E-state index in [1.165, 1.54) is 32.2 Å². The van der Waals surface area contributed by atoms with Crippen LogP contribution in [0.5, 0.6) is 11.5 Å². The number of methoxy groups -OCH3 is 2. The van der Waals surface area contributed by atoms with Crippen LogP contribution in [0.25, 0.3) is 0 Å². The number of carbonyl (C=O) groups excluding carboxylic acids is 1. The fourth-order valence-electron chi connectivity index (χ4n) is 5.04. The maximum Gasteiger partial charge on any atom is 0.321 e. The first kappa shape index (κ1) is 17.5. The predicted octanol–water partition coefficient (Wildman–Crippen LogP) is 3.04. The van der Waals surface area contributed by atoms with E-state index in [2.05, 4.69) is 10.2 Å². The summed E-state index contributed by atoms with van der Waals surface area (Å²) in [5.74, 6) is 2.56. The van der Waals surface area contributed by atoms with E-state index in [1.807, 2.05) is 23.1 Å². The molecule has 6 heteroatoms. The molecule has 6 nitrogen and oxygen atoms in total. The monoisotopic (exact) mass is 359 g/mol. The average molecular weight is 359 g/mol. The molecule has 0 unspecified atom stereocenters. The molecule has 0 aromatic heterocycles. The standard InChI is InChI=1S/C20H29N3O3/c1-25-16-6-7-19(26-2)17(10-16)21-20(24)23-12-14-9-15(13-23)18-5-3-4-8-22(18)11-14/h6-7,10,14-15,18H,3-5,8-9,11-13H2,1-2H3,(H,21,24)/t14-,15-,18+/m1/s1. The van der Waals surface area contributed by atoms with Crippen molar-refractivity contribution in [3.63, 3.8) is 0 Å². The number of benzene rings is 1. The fourth-order valence-corrected chi connectivity index (χ4v) is 5.04. The predicted molar refractivity (Wildman–Crippen MR) is 101 cm³/mol.